The summed E-state index contributed by atoms with van der Waals surface area (Å²) >= 11 is 0. The minimum atomic E-state index is -0.0787. The molecule has 0 aromatic carbocycles. The highest BCUT2D eigenvalue weighted by molar-refractivity contribution is 5.94. The average molecular weight is 300 g/mol. The van der Waals surface area contributed by atoms with Crippen molar-refractivity contribution in [1.82, 2.24) is 19.7 Å². The zero-order valence-corrected chi connectivity index (χ0v) is 12.9. The highest BCUT2D eigenvalue weighted by Gasteiger charge is 2.30. The lowest BCUT2D eigenvalue weighted by Crippen LogP contribution is -2.38. The van der Waals surface area contributed by atoms with E-state index in [0.717, 1.165) is 30.7 Å². The maximum Gasteiger partial charge on any atom is 0.266 e. The van der Waals surface area contributed by atoms with E-state index >= 15 is 0 Å². The monoisotopic (exact) mass is 300 g/mol. The molecule has 116 valence electrons. The van der Waals surface area contributed by atoms with Crippen LogP contribution in [-0.4, -0.2) is 32.1 Å². The van der Waals surface area contributed by atoms with Crippen LogP contribution in [0.15, 0.2) is 29.2 Å². The first-order valence-electron chi connectivity index (χ1n) is 7.56. The van der Waals surface area contributed by atoms with Gasteiger partial charge in [-0.15, -0.1) is 0 Å². The molecule has 22 heavy (non-hydrogen) atoms. The molecule has 0 radical (unpaired) electrons. The summed E-state index contributed by atoms with van der Waals surface area (Å²) in [5.41, 5.74) is 2.21. The van der Waals surface area contributed by atoms with Crippen molar-refractivity contribution >= 4 is 5.91 Å². The summed E-state index contributed by atoms with van der Waals surface area (Å²) < 4.78 is 1.44. The van der Waals surface area contributed by atoms with Crippen LogP contribution in [0.1, 0.15) is 47.1 Å². The summed E-state index contributed by atoms with van der Waals surface area (Å²) in [6.45, 7) is 2.60. The van der Waals surface area contributed by atoms with E-state index in [1.165, 1.54) is 4.68 Å². The normalized spacial score (nSPS) is 18.5. The van der Waals surface area contributed by atoms with Crippen molar-refractivity contribution in [2.45, 2.75) is 32.2 Å². The Bertz CT molecular complexity index is 729. The molecule has 1 atom stereocenters. The number of aromatic amines is 1. The van der Waals surface area contributed by atoms with E-state index < -0.39 is 0 Å². The molecule has 3 rings (SSSR count). The van der Waals surface area contributed by atoms with Crippen molar-refractivity contribution in [3.05, 3.63) is 51.7 Å². The Labute approximate surface area is 128 Å². The fraction of sp³-hybridized carbons (Fsp3) is 0.438. The summed E-state index contributed by atoms with van der Waals surface area (Å²) in [7, 11) is 1.69. The van der Waals surface area contributed by atoms with Gasteiger partial charge >= 0.3 is 0 Å². The lowest BCUT2D eigenvalue weighted by molar-refractivity contribution is 0.0605. The molecule has 1 fully saturated rings. The standard InChI is InChI=1S/C16H20N4O2/c1-11-6-7-12(10-17-11)16(22)20-8-4-3-5-14(20)13-9-15(21)19(2)18-13/h6-7,9-10,14,18H,3-5,8H2,1-2H3. The zero-order chi connectivity index (χ0) is 15.7. The molecule has 2 aromatic rings. The highest BCUT2D eigenvalue weighted by Crippen LogP contribution is 2.30. The van der Waals surface area contributed by atoms with Crippen molar-refractivity contribution < 1.29 is 4.79 Å². The quantitative estimate of drug-likeness (QED) is 0.919. The van der Waals surface area contributed by atoms with Gasteiger partial charge in [-0.3, -0.25) is 24.4 Å². The molecule has 1 N–H and O–H groups in total. The largest absolute Gasteiger partial charge is 0.330 e. The number of aromatic nitrogens is 3. The number of hydrogen-bond acceptors (Lipinski definition) is 3. The van der Waals surface area contributed by atoms with Crippen LogP contribution in [0.5, 0.6) is 0 Å². The lowest BCUT2D eigenvalue weighted by Gasteiger charge is -2.35. The summed E-state index contributed by atoms with van der Waals surface area (Å²) in [6, 6.07) is 5.17. The van der Waals surface area contributed by atoms with Crippen molar-refractivity contribution in [2.75, 3.05) is 6.54 Å². The van der Waals surface area contributed by atoms with Crippen LogP contribution in [-0.2, 0) is 7.05 Å². The Morgan fingerprint density at radius 2 is 2.18 bits per heavy atom. The molecule has 0 saturated carbocycles. The van der Waals surface area contributed by atoms with E-state index in [1.54, 1.807) is 19.3 Å². The number of nitrogens with zero attached hydrogens (tertiary/aromatic N) is 3. The number of aryl methyl sites for hydroxylation is 2. The summed E-state index contributed by atoms with van der Waals surface area (Å²) in [5.74, 6) is -0.0260. The Kier molecular flexibility index (Phi) is 3.83. The van der Waals surface area contributed by atoms with E-state index in [9.17, 15) is 9.59 Å². The van der Waals surface area contributed by atoms with Gasteiger partial charge in [-0.25, -0.2) is 0 Å². The molecule has 1 amide bonds. The first-order valence-corrected chi connectivity index (χ1v) is 7.56. The van der Waals surface area contributed by atoms with Gasteiger partial charge in [0.1, 0.15) is 0 Å². The maximum absolute atomic E-state index is 12.8. The fourth-order valence-corrected chi connectivity index (χ4v) is 2.94. The van der Waals surface area contributed by atoms with Crippen LogP contribution < -0.4 is 5.56 Å². The highest BCUT2D eigenvalue weighted by atomic mass is 16.2. The van der Waals surface area contributed by atoms with Crippen molar-refractivity contribution in [1.29, 1.82) is 0 Å². The molecular weight excluding hydrogens is 280 g/mol. The van der Waals surface area contributed by atoms with E-state index in [2.05, 4.69) is 10.1 Å². The molecule has 1 aliphatic rings. The SMILES string of the molecule is Cc1ccc(C(=O)N2CCCCC2c2cc(=O)n(C)[nH]2)cn1. The van der Waals surface area contributed by atoms with Gasteiger partial charge in [-0.1, -0.05) is 0 Å². The van der Waals surface area contributed by atoms with Crippen molar-refractivity contribution in [3.63, 3.8) is 0 Å². The third-order valence-corrected chi connectivity index (χ3v) is 4.19. The number of H-pyrrole nitrogens is 1. The molecule has 6 heteroatoms. The Balaban J connectivity index is 1.90. The maximum atomic E-state index is 12.8. The predicted molar refractivity (Wildman–Crippen MR) is 82.6 cm³/mol. The molecule has 1 saturated heterocycles. The number of nitrogens with one attached hydrogen (secondary N) is 1. The molecule has 0 spiro atoms. The number of likely N-dealkylation sites (tertiary alicyclic amines) is 1. The lowest BCUT2D eigenvalue weighted by atomic mass is 9.98. The predicted octanol–water partition coefficient (Wildman–Crippen LogP) is 1.78. The van der Waals surface area contributed by atoms with Crippen molar-refractivity contribution in [3.8, 4) is 0 Å². The Hall–Kier alpha value is -2.37. The molecule has 1 unspecified atom stereocenters. The topological polar surface area (TPSA) is 71.0 Å². The summed E-state index contributed by atoms with van der Waals surface area (Å²) in [6.07, 6.45) is 4.53. The van der Waals surface area contributed by atoms with Gasteiger partial charge in [0.25, 0.3) is 11.5 Å². The number of rotatable bonds is 2. The molecule has 0 bridgehead atoms. The van der Waals surface area contributed by atoms with Gasteiger partial charge in [0.15, 0.2) is 0 Å². The van der Waals surface area contributed by atoms with Crippen LogP contribution in [0.4, 0.5) is 0 Å². The zero-order valence-electron chi connectivity index (χ0n) is 12.9. The first-order chi connectivity index (χ1) is 10.6. The third kappa shape index (κ3) is 2.68. The molecule has 1 aliphatic heterocycles. The molecule has 6 nitrogen and oxygen atoms in total. The molecule has 0 aliphatic carbocycles. The number of carbonyl (C=O) groups excluding carboxylic acids is 1. The van der Waals surface area contributed by atoms with E-state index in [4.69, 9.17) is 0 Å². The van der Waals surface area contributed by atoms with Crippen LogP contribution in [0.3, 0.4) is 0 Å². The molecule has 3 heterocycles. The molecule has 2 aromatic heterocycles. The Morgan fingerprint density at radius 1 is 1.36 bits per heavy atom. The number of carbonyl (C=O) groups is 1. The second-order valence-electron chi connectivity index (χ2n) is 5.81. The second-order valence-corrected chi connectivity index (χ2v) is 5.81. The summed E-state index contributed by atoms with van der Waals surface area (Å²) in [4.78, 5) is 30.5. The van der Waals surface area contributed by atoms with Crippen LogP contribution >= 0.6 is 0 Å². The van der Waals surface area contributed by atoms with Crippen LogP contribution in [0.25, 0.3) is 0 Å². The minimum absolute atomic E-state index is 0.0260. The van der Waals surface area contributed by atoms with Gasteiger partial charge in [0, 0.05) is 31.5 Å². The third-order valence-electron chi connectivity index (χ3n) is 4.19. The second kappa shape index (κ2) is 5.79. The number of pyridine rings is 1. The van der Waals surface area contributed by atoms with Gasteiger partial charge in [0.05, 0.1) is 17.3 Å². The summed E-state index contributed by atoms with van der Waals surface area (Å²) in [5, 5.41) is 3.05. The van der Waals surface area contributed by atoms with Crippen molar-refractivity contribution in [2.24, 2.45) is 7.05 Å². The van der Waals surface area contributed by atoms with Gasteiger partial charge in [-0.05, 0) is 38.3 Å². The fourth-order valence-electron chi connectivity index (χ4n) is 2.94. The molecular formula is C16H20N4O2. The van der Waals surface area contributed by atoms with E-state index in [-0.39, 0.29) is 17.5 Å². The Morgan fingerprint density at radius 3 is 2.82 bits per heavy atom. The smallest absolute Gasteiger partial charge is 0.266 e. The minimum Gasteiger partial charge on any atom is -0.330 e. The van der Waals surface area contributed by atoms with E-state index in [1.807, 2.05) is 24.0 Å². The van der Waals surface area contributed by atoms with Crippen LogP contribution in [0, 0.1) is 6.92 Å². The van der Waals surface area contributed by atoms with Crippen LogP contribution in [0.2, 0.25) is 0 Å². The average Bonchev–Trinajstić information content (AvgIpc) is 2.87. The number of hydrogen-bond donors (Lipinski definition) is 1. The number of amides is 1. The first kappa shape index (κ1) is 14.6. The number of piperidine rings is 1. The van der Waals surface area contributed by atoms with Gasteiger partial charge in [-0.2, -0.15) is 0 Å². The van der Waals surface area contributed by atoms with Gasteiger partial charge < -0.3 is 4.90 Å². The van der Waals surface area contributed by atoms with E-state index in [0.29, 0.717) is 12.1 Å². The van der Waals surface area contributed by atoms with Gasteiger partial charge in [0.2, 0.25) is 0 Å².